The summed E-state index contributed by atoms with van der Waals surface area (Å²) >= 11 is 1.54. The standard InChI is InChI=1S/C15H13N3O2S/c1-8-5-9(2)17-14(13(8)15(19)20)18-10-3-4-11-12(6-10)21-7-16-11/h3-7H,1-2H3,(H,17,18)(H,19,20). The van der Waals surface area contributed by atoms with Crippen molar-refractivity contribution in [3.8, 4) is 0 Å². The number of carboxylic acid groups (broad SMARTS) is 1. The Balaban J connectivity index is 2.06. The quantitative estimate of drug-likeness (QED) is 0.770. The van der Waals surface area contributed by atoms with E-state index in [1.807, 2.05) is 25.1 Å². The summed E-state index contributed by atoms with van der Waals surface area (Å²) in [4.78, 5) is 20.0. The lowest BCUT2D eigenvalue weighted by molar-refractivity contribution is 0.0697. The lowest BCUT2D eigenvalue weighted by atomic mass is 10.1. The molecule has 5 nitrogen and oxygen atoms in total. The van der Waals surface area contributed by atoms with Crippen molar-refractivity contribution >= 4 is 39.0 Å². The number of anilines is 2. The number of carboxylic acids is 1. The molecule has 0 atom stereocenters. The van der Waals surface area contributed by atoms with Crippen LogP contribution in [0.5, 0.6) is 0 Å². The average molecular weight is 299 g/mol. The van der Waals surface area contributed by atoms with Gasteiger partial charge in [-0.1, -0.05) is 0 Å². The first-order valence-corrected chi connectivity index (χ1v) is 7.24. The Bertz CT molecular complexity index is 842. The Morgan fingerprint density at radius 3 is 2.86 bits per heavy atom. The number of thiazole rings is 1. The third-order valence-corrected chi connectivity index (χ3v) is 3.94. The van der Waals surface area contributed by atoms with Gasteiger partial charge in [0.2, 0.25) is 0 Å². The molecule has 0 fully saturated rings. The van der Waals surface area contributed by atoms with Crippen molar-refractivity contribution in [1.82, 2.24) is 9.97 Å². The fraction of sp³-hybridized carbons (Fsp3) is 0.133. The largest absolute Gasteiger partial charge is 0.478 e. The van der Waals surface area contributed by atoms with Crippen LogP contribution in [0, 0.1) is 13.8 Å². The van der Waals surface area contributed by atoms with Gasteiger partial charge in [0.15, 0.2) is 0 Å². The average Bonchev–Trinajstić information content (AvgIpc) is 2.84. The van der Waals surface area contributed by atoms with Crippen molar-refractivity contribution in [3.05, 3.63) is 46.6 Å². The first-order chi connectivity index (χ1) is 10.0. The first kappa shape index (κ1) is 13.5. The number of pyridine rings is 1. The zero-order valence-corrected chi connectivity index (χ0v) is 12.4. The summed E-state index contributed by atoms with van der Waals surface area (Å²) in [5.74, 6) is -0.620. The molecule has 0 unspecified atom stereocenters. The second kappa shape index (κ2) is 5.14. The molecule has 0 bridgehead atoms. The summed E-state index contributed by atoms with van der Waals surface area (Å²) in [5, 5.41) is 12.5. The van der Waals surface area contributed by atoms with E-state index in [2.05, 4.69) is 15.3 Å². The predicted octanol–water partition coefficient (Wildman–Crippen LogP) is 3.75. The van der Waals surface area contributed by atoms with E-state index in [1.54, 1.807) is 29.8 Å². The van der Waals surface area contributed by atoms with Crippen LogP contribution in [-0.2, 0) is 0 Å². The van der Waals surface area contributed by atoms with Gasteiger partial charge < -0.3 is 10.4 Å². The van der Waals surface area contributed by atoms with Crippen LogP contribution in [0.1, 0.15) is 21.6 Å². The number of benzene rings is 1. The maximum Gasteiger partial charge on any atom is 0.339 e. The highest BCUT2D eigenvalue weighted by atomic mass is 32.1. The molecule has 2 aromatic heterocycles. The van der Waals surface area contributed by atoms with Crippen LogP contribution in [-0.4, -0.2) is 21.0 Å². The number of hydrogen-bond donors (Lipinski definition) is 2. The number of nitrogens with one attached hydrogen (secondary N) is 1. The molecule has 3 rings (SSSR count). The molecular weight excluding hydrogens is 286 g/mol. The molecule has 3 aromatic rings. The van der Waals surface area contributed by atoms with Crippen molar-refractivity contribution in [1.29, 1.82) is 0 Å². The molecule has 1 aromatic carbocycles. The summed E-state index contributed by atoms with van der Waals surface area (Å²) in [7, 11) is 0. The second-order valence-electron chi connectivity index (χ2n) is 4.77. The molecule has 0 spiro atoms. The molecule has 2 N–H and O–H groups in total. The van der Waals surface area contributed by atoms with Gasteiger partial charge in [0.1, 0.15) is 11.4 Å². The smallest absolute Gasteiger partial charge is 0.339 e. The van der Waals surface area contributed by atoms with Gasteiger partial charge in [-0.3, -0.25) is 0 Å². The Morgan fingerprint density at radius 1 is 1.29 bits per heavy atom. The molecule has 106 valence electrons. The number of rotatable bonds is 3. The second-order valence-corrected chi connectivity index (χ2v) is 5.66. The molecule has 0 amide bonds. The number of nitrogens with zero attached hydrogens (tertiary/aromatic N) is 2. The van der Waals surface area contributed by atoms with Gasteiger partial charge in [0.05, 0.1) is 15.7 Å². The summed E-state index contributed by atoms with van der Waals surface area (Å²) in [6.07, 6.45) is 0. The molecule has 0 aliphatic carbocycles. The van der Waals surface area contributed by atoms with Crippen molar-refractivity contribution in [2.75, 3.05) is 5.32 Å². The minimum atomic E-state index is -0.985. The highest BCUT2D eigenvalue weighted by Crippen LogP contribution is 2.26. The SMILES string of the molecule is Cc1cc(C)c(C(=O)O)c(Nc2ccc3ncsc3c2)n1. The molecule has 0 saturated heterocycles. The summed E-state index contributed by atoms with van der Waals surface area (Å²) in [6, 6.07) is 7.48. The van der Waals surface area contributed by atoms with Gasteiger partial charge in [-0.25, -0.2) is 14.8 Å². The fourth-order valence-electron chi connectivity index (χ4n) is 2.27. The maximum absolute atomic E-state index is 11.4. The molecule has 0 aliphatic rings. The minimum absolute atomic E-state index is 0.199. The Hall–Kier alpha value is -2.47. The normalized spacial score (nSPS) is 10.8. The molecule has 6 heteroatoms. The summed E-state index contributed by atoms with van der Waals surface area (Å²) in [6.45, 7) is 3.62. The molecule has 0 saturated carbocycles. The third kappa shape index (κ3) is 2.57. The highest BCUT2D eigenvalue weighted by molar-refractivity contribution is 7.16. The lowest BCUT2D eigenvalue weighted by Gasteiger charge is -2.12. The molecule has 21 heavy (non-hydrogen) atoms. The van der Waals surface area contributed by atoms with E-state index in [1.165, 1.54) is 0 Å². The number of hydrogen-bond acceptors (Lipinski definition) is 5. The number of aryl methyl sites for hydroxylation is 2. The van der Waals surface area contributed by atoms with Crippen LogP contribution in [0.25, 0.3) is 10.2 Å². The van der Waals surface area contributed by atoms with Gasteiger partial charge in [-0.15, -0.1) is 11.3 Å². The van der Waals surface area contributed by atoms with Gasteiger partial charge in [0.25, 0.3) is 0 Å². The summed E-state index contributed by atoms with van der Waals surface area (Å²) in [5.41, 5.74) is 5.18. The first-order valence-electron chi connectivity index (χ1n) is 6.36. The van der Waals surface area contributed by atoms with Crippen LogP contribution >= 0.6 is 11.3 Å². The maximum atomic E-state index is 11.4. The van der Waals surface area contributed by atoms with Crippen molar-refractivity contribution in [2.24, 2.45) is 0 Å². The minimum Gasteiger partial charge on any atom is -0.478 e. The van der Waals surface area contributed by atoms with Gasteiger partial charge in [-0.05, 0) is 43.7 Å². The van der Waals surface area contributed by atoms with Gasteiger partial charge in [-0.2, -0.15) is 0 Å². The molecule has 2 heterocycles. The summed E-state index contributed by atoms with van der Waals surface area (Å²) < 4.78 is 1.04. The van der Waals surface area contributed by atoms with Crippen LogP contribution < -0.4 is 5.32 Å². The monoisotopic (exact) mass is 299 g/mol. The zero-order valence-electron chi connectivity index (χ0n) is 11.5. The van der Waals surface area contributed by atoms with E-state index >= 15 is 0 Å². The molecular formula is C15H13N3O2S. The van der Waals surface area contributed by atoms with E-state index in [0.717, 1.165) is 21.6 Å². The lowest BCUT2D eigenvalue weighted by Crippen LogP contribution is -2.08. The van der Waals surface area contributed by atoms with E-state index in [-0.39, 0.29) is 5.56 Å². The van der Waals surface area contributed by atoms with Crippen LogP contribution in [0.4, 0.5) is 11.5 Å². The topological polar surface area (TPSA) is 75.1 Å². The molecule has 0 aliphatic heterocycles. The van der Waals surface area contributed by atoms with Crippen molar-refractivity contribution < 1.29 is 9.90 Å². The fourth-order valence-corrected chi connectivity index (χ4v) is 2.98. The third-order valence-electron chi connectivity index (χ3n) is 3.15. The van der Waals surface area contributed by atoms with E-state index in [9.17, 15) is 9.90 Å². The zero-order chi connectivity index (χ0) is 15.0. The van der Waals surface area contributed by atoms with Crippen molar-refractivity contribution in [2.45, 2.75) is 13.8 Å². The molecule has 0 radical (unpaired) electrons. The van der Waals surface area contributed by atoms with Crippen LogP contribution in [0.2, 0.25) is 0 Å². The van der Waals surface area contributed by atoms with E-state index in [4.69, 9.17) is 0 Å². The predicted molar refractivity (Wildman–Crippen MR) is 83.6 cm³/mol. The number of aromatic carboxylic acids is 1. The van der Waals surface area contributed by atoms with Gasteiger partial charge in [0, 0.05) is 11.4 Å². The number of carbonyl (C=O) groups is 1. The highest BCUT2D eigenvalue weighted by Gasteiger charge is 2.16. The van der Waals surface area contributed by atoms with Gasteiger partial charge >= 0.3 is 5.97 Å². The number of aromatic nitrogens is 2. The van der Waals surface area contributed by atoms with Crippen molar-refractivity contribution in [3.63, 3.8) is 0 Å². The van der Waals surface area contributed by atoms with Crippen LogP contribution in [0.3, 0.4) is 0 Å². The van der Waals surface area contributed by atoms with E-state index < -0.39 is 5.97 Å². The van der Waals surface area contributed by atoms with E-state index in [0.29, 0.717) is 11.4 Å². The Morgan fingerprint density at radius 2 is 2.10 bits per heavy atom. The van der Waals surface area contributed by atoms with Crippen LogP contribution in [0.15, 0.2) is 29.8 Å². The Kier molecular flexibility index (Phi) is 3.31. The number of fused-ring (bicyclic) bond motifs is 1. The Labute approximate surface area is 125 Å².